The molecule has 33 heavy (non-hydrogen) atoms. The lowest BCUT2D eigenvalue weighted by atomic mass is 10.0. The molecule has 11 heteroatoms. The summed E-state index contributed by atoms with van der Waals surface area (Å²) in [5.41, 5.74) is 0. The summed E-state index contributed by atoms with van der Waals surface area (Å²) in [7, 11) is 5.25. The Kier molecular flexibility index (Phi) is 12.9. The van der Waals surface area contributed by atoms with Crippen LogP contribution in [0.2, 0.25) is 0 Å². The van der Waals surface area contributed by atoms with Crippen LogP contribution >= 0.6 is 12.0 Å². The lowest BCUT2D eigenvalue weighted by molar-refractivity contribution is -0.897. The van der Waals surface area contributed by atoms with Gasteiger partial charge >= 0.3 is 0 Å². The molecule has 0 spiro atoms. The molecule has 9 nitrogen and oxygen atoms in total. The van der Waals surface area contributed by atoms with Crippen LogP contribution < -0.4 is 0 Å². The Bertz CT molecular complexity index is 625. The smallest absolute Gasteiger partial charge is 0.264 e. The van der Waals surface area contributed by atoms with Gasteiger partial charge in [-0.05, 0) is 52.2 Å². The monoisotopic (exact) mass is 511 g/mol. The van der Waals surface area contributed by atoms with E-state index in [1.165, 1.54) is 58.3 Å². The van der Waals surface area contributed by atoms with Crippen LogP contribution in [0.15, 0.2) is 0 Å². The van der Waals surface area contributed by atoms with Crippen molar-refractivity contribution in [1.29, 1.82) is 0 Å². The number of nitrogens with zero attached hydrogens (tertiary/aromatic N) is 4. The molecule has 0 radical (unpaired) electrons. The Morgan fingerprint density at radius 3 is 2.09 bits per heavy atom. The highest BCUT2D eigenvalue weighted by Gasteiger charge is 2.27. The fourth-order valence-corrected chi connectivity index (χ4v) is 5.88. The number of quaternary nitrogens is 1. The minimum Gasteiger partial charge on any atom is -0.328 e. The van der Waals surface area contributed by atoms with E-state index < -0.39 is 10.1 Å². The molecule has 0 saturated carbocycles. The van der Waals surface area contributed by atoms with E-state index in [9.17, 15) is 8.42 Å². The maximum Gasteiger partial charge on any atom is 0.264 e. The van der Waals surface area contributed by atoms with E-state index in [4.69, 9.17) is 13.9 Å². The van der Waals surface area contributed by atoms with Gasteiger partial charge in [-0.1, -0.05) is 6.42 Å². The zero-order valence-electron chi connectivity index (χ0n) is 21.2. The number of hydrogen-bond donors (Lipinski definition) is 1. The molecular formula is C22H47N4O5S2+. The molecule has 3 rings (SSSR count). The molecule has 0 unspecified atom stereocenters. The van der Waals surface area contributed by atoms with Crippen LogP contribution in [0, 0.1) is 0 Å². The van der Waals surface area contributed by atoms with E-state index in [0.29, 0.717) is 18.2 Å². The number of likely N-dealkylation sites (tertiary alicyclic amines) is 2. The van der Waals surface area contributed by atoms with Crippen molar-refractivity contribution in [2.45, 2.75) is 63.5 Å². The first kappa shape index (κ1) is 29.3. The Morgan fingerprint density at radius 2 is 1.55 bits per heavy atom. The van der Waals surface area contributed by atoms with Gasteiger partial charge in [0.1, 0.15) is 0 Å². The van der Waals surface area contributed by atoms with Gasteiger partial charge in [-0.2, -0.15) is 13.5 Å². The van der Waals surface area contributed by atoms with Crippen molar-refractivity contribution in [3.63, 3.8) is 0 Å². The third-order valence-corrected chi connectivity index (χ3v) is 8.34. The molecule has 3 heterocycles. The summed E-state index contributed by atoms with van der Waals surface area (Å²) in [6.07, 6.45) is 9.25. The van der Waals surface area contributed by atoms with Gasteiger partial charge in [0.2, 0.25) is 0 Å². The number of piperidine rings is 3. The molecule has 3 saturated heterocycles. The van der Waals surface area contributed by atoms with E-state index >= 15 is 0 Å². The second-order valence-electron chi connectivity index (χ2n) is 10.5. The topological polar surface area (TPSA) is 82.5 Å². The number of hydroxylamine groups is 2. The van der Waals surface area contributed by atoms with Gasteiger partial charge in [-0.3, -0.25) is 4.55 Å². The molecule has 1 N–H and O–H groups in total. The summed E-state index contributed by atoms with van der Waals surface area (Å²) in [5.74, 6) is 0.217. The van der Waals surface area contributed by atoms with Crippen LogP contribution in [-0.4, -0.2) is 123 Å². The van der Waals surface area contributed by atoms with Gasteiger partial charge < -0.3 is 14.3 Å². The van der Waals surface area contributed by atoms with Crippen molar-refractivity contribution in [1.82, 2.24) is 14.9 Å². The predicted octanol–water partition coefficient (Wildman–Crippen LogP) is 2.51. The van der Waals surface area contributed by atoms with Gasteiger partial charge in [0, 0.05) is 62.9 Å². The van der Waals surface area contributed by atoms with Gasteiger partial charge in [0.05, 0.1) is 32.9 Å². The van der Waals surface area contributed by atoms with Crippen LogP contribution in [0.25, 0.3) is 0 Å². The molecule has 0 aliphatic carbocycles. The first-order valence-corrected chi connectivity index (χ1v) is 15.0. The fourth-order valence-electron chi connectivity index (χ4n) is 4.73. The molecule has 0 aromatic rings. The molecule has 196 valence electrons. The zero-order valence-corrected chi connectivity index (χ0v) is 22.8. The summed E-state index contributed by atoms with van der Waals surface area (Å²) in [4.78, 5) is 10.2. The molecule has 0 aromatic heterocycles. The molecule has 0 atom stereocenters. The number of rotatable bonds is 9. The standard InChI is InChI=1S/C13H26N2O5S2.C9H21N2/c16-22(17,18)12-4-11-21-20-19-15-9-5-13(6-10-15)14-7-2-1-3-8-14;1-10-7-5-9(6-8-10)11(2,3)4/h13H,1-12H2,(H,16,17,18);9H,5-8H2,1-4H3/q;+1. The normalized spacial score (nSPS) is 23.3. The Balaban J connectivity index is 0.000000294. The summed E-state index contributed by atoms with van der Waals surface area (Å²) < 4.78 is 35.8. The van der Waals surface area contributed by atoms with Gasteiger partial charge in [-0.25, -0.2) is 0 Å². The van der Waals surface area contributed by atoms with Crippen LogP contribution in [0.5, 0.6) is 0 Å². The molecule has 3 fully saturated rings. The minimum absolute atomic E-state index is 0.245. The van der Waals surface area contributed by atoms with E-state index in [-0.39, 0.29) is 5.75 Å². The molecule has 3 aliphatic heterocycles. The first-order chi connectivity index (χ1) is 15.5. The fraction of sp³-hybridized carbons (Fsp3) is 1.00. The van der Waals surface area contributed by atoms with E-state index in [0.717, 1.165) is 48.5 Å². The highest BCUT2D eigenvalue weighted by atomic mass is 32.2. The molecule has 3 aliphatic rings. The second kappa shape index (κ2) is 14.5. The van der Waals surface area contributed by atoms with E-state index in [1.54, 1.807) is 0 Å². The quantitative estimate of drug-likeness (QED) is 0.125. The van der Waals surface area contributed by atoms with Crippen molar-refractivity contribution in [2.75, 3.05) is 79.0 Å². The van der Waals surface area contributed by atoms with Gasteiger partial charge in [0.15, 0.2) is 0 Å². The highest BCUT2D eigenvalue weighted by molar-refractivity contribution is 7.94. The largest absolute Gasteiger partial charge is 0.328 e. The van der Waals surface area contributed by atoms with Crippen LogP contribution in [0.4, 0.5) is 0 Å². The molecule has 0 aromatic carbocycles. The van der Waals surface area contributed by atoms with Crippen molar-refractivity contribution in [2.24, 2.45) is 0 Å². The Labute approximate surface area is 206 Å². The predicted molar refractivity (Wildman–Crippen MR) is 134 cm³/mol. The van der Waals surface area contributed by atoms with Crippen LogP contribution in [0.3, 0.4) is 0 Å². The second-order valence-corrected chi connectivity index (χ2v) is 12.9. The van der Waals surface area contributed by atoms with Crippen molar-refractivity contribution in [3.8, 4) is 0 Å². The van der Waals surface area contributed by atoms with E-state index in [1.807, 2.05) is 5.06 Å². The molecular weight excluding hydrogens is 464 g/mol. The maximum atomic E-state index is 10.5. The van der Waals surface area contributed by atoms with Crippen molar-refractivity contribution < 1.29 is 26.8 Å². The van der Waals surface area contributed by atoms with E-state index in [2.05, 4.69) is 38.0 Å². The summed E-state index contributed by atoms with van der Waals surface area (Å²) in [5, 5.41) is 1.82. The highest BCUT2D eigenvalue weighted by Crippen LogP contribution is 2.21. The summed E-state index contributed by atoms with van der Waals surface area (Å²) in [6, 6.07) is 1.55. The SMILES string of the molecule is CN1CCC([N+](C)(C)C)CC1.O=S(=O)(O)CCCSOON1CCC(N2CCCCC2)CC1. The lowest BCUT2D eigenvalue weighted by Gasteiger charge is -2.39. The molecule has 0 amide bonds. The van der Waals surface area contributed by atoms with Crippen LogP contribution in [-0.2, 0) is 19.4 Å². The lowest BCUT2D eigenvalue weighted by Crippen LogP contribution is -2.50. The average Bonchev–Trinajstić information content (AvgIpc) is 2.77. The van der Waals surface area contributed by atoms with Crippen molar-refractivity contribution in [3.05, 3.63) is 0 Å². The molecule has 0 bridgehead atoms. The zero-order chi connectivity index (χ0) is 24.3. The van der Waals surface area contributed by atoms with Gasteiger partial charge in [0.25, 0.3) is 10.1 Å². The summed E-state index contributed by atoms with van der Waals surface area (Å²) in [6.45, 7) is 6.72. The van der Waals surface area contributed by atoms with Crippen molar-refractivity contribution >= 4 is 22.2 Å². The average molecular weight is 512 g/mol. The third-order valence-electron chi connectivity index (χ3n) is 6.93. The van der Waals surface area contributed by atoms with Gasteiger partial charge in [-0.15, -0.1) is 9.32 Å². The Hall–Kier alpha value is 0.0200. The van der Waals surface area contributed by atoms with Crippen LogP contribution in [0.1, 0.15) is 51.4 Å². The Morgan fingerprint density at radius 1 is 0.939 bits per heavy atom. The third kappa shape index (κ3) is 12.5. The summed E-state index contributed by atoms with van der Waals surface area (Å²) >= 11 is 1.07. The minimum atomic E-state index is -3.87. The maximum absolute atomic E-state index is 10.5. The first-order valence-electron chi connectivity index (χ1n) is 12.4. The number of hydrogen-bond acceptors (Lipinski definition) is 8.